The first-order valence-electron chi connectivity index (χ1n) is 5.87. The summed E-state index contributed by atoms with van der Waals surface area (Å²) in [7, 11) is 0. The van der Waals surface area contributed by atoms with Gasteiger partial charge in [0.1, 0.15) is 12.4 Å². The Morgan fingerprint density at radius 1 is 1.20 bits per heavy atom. The zero-order valence-electron chi connectivity index (χ0n) is 10.9. The van der Waals surface area contributed by atoms with Crippen LogP contribution < -0.4 is 15.4 Å². The van der Waals surface area contributed by atoms with Crippen LogP contribution in [-0.2, 0) is 4.74 Å². The Balaban J connectivity index is 2.56. The van der Waals surface area contributed by atoms with Crippen LogP contribution in [0.3, 0.4) is 0 Å². The third-order valence-corrected chi connectivity index (χ3v) is 2.01. The lowest BCUT2D eigenvalue weighted by molar-refractivity contribution is 0.174. The number of benzene rings is 1. The van der Waals surface area contributed by atoms with Crippen LogP contribution in [0.5, 0.6) is 5.75 Å². The largest absolute Gasteiger partial charge is 0.445 e. The molecule has 0 saturated heterocycles. The molecule has 1 rings (SSSR count). The molecule has 1 aromatic rings. The standard InChI is InChI=1S/C14H16N2O4/c1-3-8-15-13(17)20-12-7-5-6-11(10-12)16-14(18)19-9-4-2/h3-7,10H,1-2,8-9H2,(H,15,17)(H,16,18). The van der Waals surface area contributed by atoms with Crippen LogP contribution in [0.2, 0.25) is 0 Å². The van der Waals surface area contributed by atoms with Crippen molar-refractivity contribution in [3.63, 3.8) is 0 Å². The van der Waals surface area contributed by atoms with E-state index in [1.807, 2.05) is 0 Å². The number of nitrogens with one attached hydrogen (secondary N) is 2. The Kier molecular flexibility index (Phi) is 6.40. The van der Waals surface area contributed by atoms with Crippen LogP contribution in [0.1, 0.15) is 0 Å². The van der Waals surface area contributed by atoms with Crippen LogP contribution in [0.15, 0.2) is 49.6 Å². The quantitative estimate of drug-likeness (QED) is 0.783. The van der Waals surface area contributed by atoms with Crippen molar-refractivity contribution in [2.24, 2.45) is 0 Å². The van der Waals surface area contributed by atoms with E-state index in [4.69, 9.17) is 9.47 Å². The van der Waals surface area contributed by atoms with Crippen molar-refractivity contribution in [1.82, 2.24) is 5.32 Å². The molecule has 106 valence electrons. The van der Waals surface area contributed by atoms with Gasteiger partial charge in [0.15, 0.2) is 0 Å². The van der Waals surface area contributed by atoms with Crippen LogP contribution in [0.4, 0.5) is 15.3 Å². The van der Waals surface area contributed by atoms with Crippen molar-refractivity contribution in [3.8, 4) is 5.75 Å². The highest BCUT2D eigenvalue weighted by Gasteiger charge is 2.06. The smallest absolute Gasteiger partial charge is 0.412 e. The van der Waals surface area contributed by atoms with Gasteiger partial charge in [-0.25, -0.2) is 9.59 Å². The van der Waals surface area contributed by atoms with Gasteiger partial charge in [0.25, 0.3) is 0 Å². The highest BCUT2D eigenvalue weighted by Crippen LogP contribution is 2.17. The molecule has 6 nitrogen and oxygen atoms in total. The summed E-state index contributed by atoms with van der Waals surface area (Å²) in [5, 5.41) is 4.96. The molecule has 0 heterocycles. The molecular weight excluding hydrogens is 260 g/mol. The Bertz CT molecular complexity index is 458. The molecule has 0 radical (unpaired) electrons. The highest BCUT2D eigenvalue weighted by atomic mass is 16.6. The summed E-state index contributed by atoms with van der Waals surface area (Å²) in [5.74, 6) is 0.299. The summed E-state index contributed by atoms with van der Waals surface area (Å²) in [6, 6.07) is 6.37. The zero-order chi connectivity index (χ0) is 14.8. The van der Waals surface area contributed by atoms with Crippen molar-refractivity contribution in [1.29, 1.82) is 0 Å². The number of anilines is 1. The van der Waals surface area contributed by atoms with Gasteiger partial charge in [0.05, 0.1) is 0 Å². The molecule has 2 amide bonds. The molecule has 0 spiro atoms. The average Bonchev–Trinajstić information content (AvgIpc) is 2.43. The van der Waals surface area contributed by atoms with Gasteiger partial charge in [-0.2, -0.15) is 0 Å². The predicted molar refractivity (Wildman–Crippen MR) is 75.8 cm³/mol. The number of hydrogen-bond donors (Lipinski definition) is 2. The Morgan fingerprint density at radius 2 is 2.00 bits per heavy atom. The third-order valence-electron chi connectivity index (χ3n) is 2.01. The van der Waals surface area contributed by atoms with Gasteiger partial charge in [-0.1, -0.05) is 24.8 Å². The van der Waals surface area contributed by atoms with Crippen LogP contribution in [0, 0.1) is 0 Å². The summed E-state index contributed by atoms with van der Waals surface area (Å²) < 4.78 is 9.78. The van der Waals surface area contributed by atoms with Gasteiger partial charge < -0.3 is 14.8 Å². The molecule has 0 aliphatic carbocycles. The molecule has 0 aliphatic rings. The lowest BCUT2D eigenvalue weighted by Crippen LogP contribution is -2.26. The van der Waals surface area contributed by atoms with Gasteiger partial charge in [-0.05, 0) is 12.1 Å². The normalized spacial score (nSPS) is 9.20. The van der Waals surface area contributed by atoms with E-state index in [2.05, 4.69) is 23.8 Å². The van der Waals surface area contributed by atoms with Crippen molar-refractivity contribution in [2.45, 2.75) is 0 Å². The average molecular weight is 276 g/mol. The summed E-state index contributed by atoms with van der Waals surface area (Å²) in [4.78, 5) is 22.7. The molecule has 20 heavy (non-hydrogen) atoms. The summed E-state index contributed by atoms with van der Waals surface area (Å²) in [5.41, 5.74) is 0.452. The number of hydrogen-bond acceptors (Lipinski definition) is 4. The van der Waals surface area contributed by atoms with E-state index in [0.29, 0.717) is 18.0 Å². The molecule has 0 unspecified atom stereocenters. The monoisotopic (exact) mass is 276 g/mol. The minimum absolute atomic E-state index is 0.117. The van der Waals surface area contributed by atoms with Crippen molar-refractivity contribution < 1.29 is 19.1 Å². The van der Waals surface area contributed by atoms with E-state index in [-0.39, 0.29) is 6.61 Å². The summed E-state index contributed by atoms with van der Waals surface area (Å²) in [6.45, 7) is 7.33. The molecule has 0 aromatic heterocycles. The molecule has 0 atom stereocenters. The van der Waals surface area contributed by atoms with Crippen LogP contribution in [-0.4, -0.2) is 25.3 Å². The first-order valence-corrected chi connectivity index (χ1v) is 5.87. The summed E-state index contributed by atoms with van der Waals surface area (Å²) >= 11 is 0. The van der Waals surface area contributed by atoms with E-state index >= 15 is 0 Å². The van der Waals surface area contributed by atoms with E-state index in [1.54, 1.807) is 18.2 Å². The fourth-order valence-electron chi connectivity index (χ4n) is 1.22. The van der Waals surface area contributed by atoms with Crippen LogP contribution in [0.25, 0.3) is 0 Å². The topological polar surface area (TPSA) is 76.7 Å². The maximum Gasteiger partial charge on any atom is 0.412 e. The lowest BCUT2D eigenvalue weighted by Gasteiger charge is -2.08. The highest BCUT2D eigenvalue weighted by molar-refractivity contribution is 5.85. The molecular formula is C14H16N2O4. The molecule has 0 bridgehead atoms. The van der Waals surface area contributed by atoms with E-state index in [1.165, 1.54) is 18.2 Å². The zero-order valence-corrected chi connectivity index (χ0v) is 10.9. The Hall–Kier alpha value is -2.76. The van der Waals surface area contributed by atoms with E-state index < -0.39 is 12.2 Å². The van der Waals surface area contributed by atoms with Gasteiger partial charge in [0.2, 0.25) is 0 Å². The second kappa shape index (κ2) is 8.36. The predicted octanol–water partition coefficient (Wildman–Crippen LogP) is 2.70. The minimum atomic E-state index is -0.613. The Morgan fingerprint density at radius 3 is 2.70 bits per heavy atom. The second-order valence-electron chi connectivity index (χ2n) is 3.60. The SMILES string of the molecule is C=CCNC(=O)Oc1cccc(NC(=O)OCC=C)c1. The lowest BCUT2D eigenvalue weighted by atomic mass is 10.3. The van der Waals surface area contributed by atoms with E-state index in [0.717, 1.165) is 0 Å². The fourth-order valence-corrected chi connectivity index (χ4v) is 1.22. The van der Waals surface area contributed by atoms with Crippen LogP contribution >= 0.6 is 0 Å². The number of carbonyl (C=O) groups is 2. The maximum atomic E-state index is 11.3. The second-order valence-corrected chi connectivity index (χ2v) is 3.60. The molecule has 0 fully saturated rings. The molecule has 2 N–H and O–H groups in total. The van der Waals surface area contributed by atoms with Crippen molar-refractivity contribution >= 4 is 17.9 Å². The first-order chi connectivity index (χ1) is 9.65. The van der Waals surface area contributed by atoms with Gasteiger partial charge in [-0.15, -0.1) is 6.58 Å². The number of rotatable bonds is 6. The van der Waals surface area contributed by atoms with Gasteiger partial charge in [0, 0.05) is 18.3 Å². The van der Waals surface area contributed by atoms with Crippen molar-refractivity contribution in [3.05, 3.63) is 49.6 Å². The van der Waals surface area contributed by atoms with Gasteiger partial charge >= 0.3 is 12.2 Å². The van der Waals surface area contributed by atoms with Gasteiger partial charge in [-0.3, -0.25) is 5.32 Å². The number of ether oxygens (including phenoxy) is 2. The summed E-state index contributed by atoms with van der Waals surface area (Å²) in [6.07, 6.45) is 1.78. The minimum Gasteiger partial charge on any atom is -0.445 e. The Labute approximate surface area is 117 Å². The molecule has 6 heteroatoms. The number of carbonyl (C=O) groups excluding carboxylic acids is 2. The molecule has 0 saturated carbocycles. The van der Waals surface area contributed by atoms with Crippen molar-refractivity contribution in [2.75, 3.05) is 18.5 Å². The fraction of sp³-hybridized carbons (Fsp3) is 0.143. The maximum absolute atomic E-state index is 11.3. The third kappa shape index (κ3) is 5.72. The molecule has 1 aromatic carbocycles. The molecule has 0 aliphatic heterocycles. The first kappa shape index (κ1) is 15.3. The number of amides is 2. The van der Waals surface area contributed by atoms with E-state index in [9.17, 15) is 9.59 Å².